The summed E-state index contributed by atoms with van der Waals surface area (Å²) in [4.78, 5) is 0. The third-order valence-corrected chi connectivity index (χ3v) is 4.92. The predicted molar refractivity (Wildman–Crippen MR) is 72.2 cm³/mol. The minimum Gasteiger partial charge on any atom is -0.374 e. The van der Waals surface area contributed by atoms with Gasteiger partial charge in [0, 0.05) is 12.6 Å². The lowest BCUT2D eigenvalue weighted by atomic mass is 9.66. The molecule has 0 aromatic heterocycles. The molecule has 0 aromatic rings. The average molecular weight is 239 g/mol. The summed E-state index contributed by atoms with van der Waals surface area (Å²) in [5.41, 5.74) is 0.131. The normalized spacial score (nSPS) is 36.5. The van der Waals surface area contributed by atoms with Crippen LogP contribution < -0.4 is 5.32 Å². The van der Waals surface area contributed by atoms with E-state index in [1.54, 1.807) is 0 Å². The summed E-state index contributed by atoms with van der Waals surface area (Å²) >= 11 is 0. The number of nitrogens with one attached hydrogen (secondary N) is 1. The van der Waals surface area contributed by atoms with Crippen LogP contribution in [0.1, 0.15) is 58.8 Å². The van der Waals surface area contributed by atoms with Gasteiger partial charge in [-0.1, -0.05) is 26.2 Å². The minimum atomic E-state index is 0.131. The van der Waals surface area contributed by atoms with Gasteiger partial charge >= 0.3 is 0 Å². The maximum absolute atomic E-state index is 6.29. The minimum absolute atomic E-state index is 0.131. The zero-order valence-electron chi connectivity index (χ0n) is 11.8. The van der Waals surface area contributed by atoms with Gasteiger partial charge in [-0.15, -0.1) is 0 Å². The van der Waals surface area contributed by atoms with Gasteiger partial charge in [-0.25, -0.2) is 0 Å². The summed E-state index contributed by atoms with van der Waals surface area (Å²) in [5, 5.41) is 3.59. The van der Waals surface area contributed by atoms with E-state index < -0.39 is 0 Å². The molecule has 0 heterocycles. The molecule has 2 saturated carbocycles. The summed E-state index contributed by atoms with van der Waals surface area (Å²) in [6.45, 7) is 5.40. The number of hydrogen-bond donors (Lipinski definition) is 1. The first-order valence-electron chi connectivity index (χ1n) is 7.53. The molecule has 3 atom stereocenters. The highest BCUT2D eigenvalue weighted by Crippen LogP contribution is 2.44. The van der Waals surface area contributed by atoms with Crippen LogP contribution in [0, 0.1) is 11.8 Å². The van der Waals surface area contributed by atoms with Gasteiger partial charge in [-0.2, -0.15) is 0 Å². The van der Waals surface area contributed by atoms with Crippen LogP contribution in [-0.2, 0) is 4.74 Å². The average Bonchev–Trinajstić information content (AvgIpc) is 2.23. The Kier molecular flexibility index (Phi) is 4.48. The Balaban J connectivity index is 2.11. The molecule has 0 aliphatic heterocycles. The van der Waals surface area contributed by atoms with Crippen molar-refractivity contribution in [3.8, 4) is 0 Å². The molecular weight excluding hydrogens is 210 g/mol. The molecule has 3 unspecified atom stereocenters. The first-order valence-corrected chi connectivity index (χ1v) is 7.53. The molecule has 2 fully saturated rings. The first-order chi connectivity index (χ1) is 8.22. The third kappa shape index (κ3) is 2.68. The van der Waals surface area contributed by atoms with E-state index in [1.165, 1.54) is 44.9 Å². The third-order valence-electron chi connectivity index (χ3n) is 4.92. The fraction of sp³-hybridized carbons (Fsp3) is 1.00. The van der Waals surface area contributed by atoms with Crippen LogP contribution in [-0.4, -0.2) is 25.3 Å². The molecule has 2 aliphatic rings. The van der Waals surface area contributed by atoms with Crippen LogP contribution in [0.3, 0.4) is 0 Å². The van der Waals surface area contributed by atoms with Crippen molar-refractivity contribution in [1.82, 2.24) is 5.32 Å². The van der Waals surface area contributed by atoms with E-state index in [4.69, 9.17) is 4.74 Å². The Morgan fingerprint density at radius 2 is 2.06 bits per heavy atom. The van der Waals surface area contributed by atoms with E-state index in [-0.39, 0.29) is 5.60 Å². The van der Waals surface area contributed by atoms with Crippen LogP contribution in [0.15, 0.2) is 0 Å². The van der Waals surface area contributed by atoms with E-state index in [2.05, 4.69) is 26.2 Å². The van der Waals surface area contributed by atoms with Crippen molar-refractivity contribution in [3.63, 3.8) is 0 Å². The van der Waals surface area contributed by atoms with E-state index in [1.807, 2.05) is 0 Å². The summed E-state index contributed by atoms with van der Waals surface area (Å²) < 4.78 is 6.29. The molecule has 0 saturated heterocycles. The van der Waals surface area contributed by atoms with Crippen molar-refractivity contribution < 1.29 is 4.74 Å². The molecule has 100 valence electrons. The van der Waals surface area contributed by atoms with Gasteiger partial charge < -0.3 is 10.1 Å². The van der Waals surface area contributed by atoms with Crippen molar-refractivity contribution in [2.24, 2.45) is 11.8 Å². The fourth-order valence-corrected chi connectivity index (χ4v) is 4.04. The summed E-state index contributed by atoms with van der Waals surface area (Å²) in [5.74, 6) is 1.68. The van der Waals surface area contributed by atoms with Crippen LogP contribution in [0.5, 0.6) is 0 Å². The largest absolute Gasteiger partial charge is 0.374 e. The van der Waals surface area contributed by atoms with Gasteiger partial charge in [0.2, 0.25) is 0 Å². The first kappa shape index (κ1) is 13.4. The van der Waals surface area contributed by atoms with Crippen molar-refractivity contribution in [2.45, 2.75) is 70.4 Å². The lowest BCUT2D eigenvalue weighted by molar-refractivity contribution is -0.117. The van der Waals surface area contributed by atoms with E-state index in [0.717, 1.165) is 18.4 Å². The molecule has 0 aromatic carbocycles. The Morgan fingerprint density at radius 3 is 2.53 bits per heavy atom. The van der Waals surface area contributed by atoms with Crippen LogP contribution in [0.25, 0.3) is 0 Å². The lowest BCUT2D eigenvalue weighted by Gasteiger charge is -2.50. The highest BCUT2D eigenvalue weighted by atomic mass is 16.5. The highest BCUT2D eigenvalue weighted by Gasteiger charge is 2.46. The maximum Gasteiger partial charge on any atom is 0.0839 e. The van der Waals surface area contributed by atoms with Crippen LogP contribution in [0.2, 0.25) is 0 Å². The molecule has 2 nitrogen and oxygen atoms in total. The number of likely N-dealkylation sites (N-methyl/N-ethyl adjacent to an activating group) is 1. The smallest absolute Gasteiger partial charge is 0.0839 e. The maximum atomic E-state index is 6.29. The summed E-state index contributed by atoms with van der Waals surface area (Å²) in [6.07, 6.45) is 9.45. The summed E-state index contributed by atoms with van der Waals surface area (Å²) in [6, 6.07) is 0.582. The van der Waals surface area contributed by atoms with Crippen molar-refractivity contribution in [2.75, 3.05) is 13.7 Å². The number of hydrogen-bond acceptors (Lipinski definition) is 2. The SMILES string of the molecule is CCOC1(C(NC)C2CCC2)CCCC(C)C1. The van der Waals surface area contributed by atoms with E-state index in [9.17, 15) is 0 Å². The van der Waals surface area contributed by atoms with Gasteiger partial charge in [-0.05, 0) is 51.5 Å². The number of rotatable bonds is 5. The zero-order valence-corrected chi connectivity index (χ0v) is 11.8. The fourth-order valence-electron chi connectivity index (χ4n) is 4.04. The van der Waals surface area contributed by atoms with Gasteiger partial charge in [-0.3, -0.25) is 0 Å². The molecule has 0 bridgehead atoms. The molecule has 17 heavy (non-hydrogen) atoms. The number of ether oxygens (including phenoxy) is 1. The Bertz CT molecular complexity index is 235. The monoisotopic (exact) mass is 239 g/mol. The van der Waals surface area contributed by atoms with Gasteiger partial charge in [0.15, 0.2) is 0 Å². The van der Waals surface area contributed by atoms with Crippen molar-refractivity contribution in [3.05, 3.63) is 0 Å². The highest BCUT2D eigenvalue weighted by molar-refractivity contribution is 5.01. The zero-order chi connectivity index (χ0) is 12.3. The molecule has 0 spiro atoms. The van der Waals surface area contributed by atoms with E-state index >= 15 is 0 Å². The van der Waals surface area contributed by atoms with E-state index in [0.29, 0.717) is 6.04 Å². The second kappa shape index (κ2) is 5.71. The van der Waals surface area contributed by atoms with Gasteiger partial charge in [0.05, 0.1) is 5.60 Å². The van der Waals surface area contributed by atoms with Gasteiger partial charge in [0.1, 0.15) is 0 Å². The van der Waals surface area contributed by atoms with Crippen LogP contribution in [0.4, 0.5) is 0 Å². The quantitative estimate of drug-likeness (QED) is 0.794. The van der Waals surface area contributed by atoms with Crippen molar-refractivity contribution in [1.29, 1.82) is 0 Å². The lowest BCUT2D eigenvalue weighted by Crippen LogP contribution is -2.58. The Morgan fingerprint density at radius 1 is 1.29 bits per heavy atom. The molecular formula is C15H29NO. The predicted octanol–water partition coefficient (Wildman–Crippen LogP) is 3.36. The summed E-state index contributed by atoms with van der Waals surface area (Å²) in [7, 11) is 2.13. The molecule has 2 aliphatic carbocycles. The Labute approximate surface area is 107 Å². The molecule has 0 radical (unpaired) electrons. The standard InChI is InChI=1S/C15H29NO/c1-4-17-15(10-6-7-12(2)11-15)14(16-3)13-8-5-9-13/h12-14,16H,4-11H2,1-3H3. The van der Waals surface area contributed by atoms with Crippen LogP contribution >= 0.6 is 0 Å². The van der Waals surface area contributed by atoms with Crippen molar-refractivity contribution >= 4 is 0 Å². The van der Waals surface area contributed by atoms with Gasteiger partial charge in [0.25, 0.3) is 0 Å². The Hall–Kier alpha value is -0.0800. The topological polar surface area (TPSA) is 21.3 Å². The second-order valence-electron chi connectivity index (χ2n) is 6.16. The second-order valence-corrected chi connectivity index (χ2v) is 6.16. The molecule has 0 amide bonds. The molecule has 2 heteroatoms. The molecule has 2 rings (SSSR count). The molecule has 1 N–H and O–H groups in total.